The molecule has 1 amide bonds. The number of rotatable bonds is 7. The first kappa shape index (κ1) is 20.3. The SMILES string of the molecule is Cc1ccc([N+](=O)[O-])c(OCC(=O)N(Cc2cccs2)C2CCS(=O)(=O)C2)c1. The molecule has 1 unspecified atom stereocenters. The summed E-state index contributed by atoms with van der Waals surface area (Å²) in [6.45, 7) is 1.66. The van der Waals surface area contributed by atoms with Crippen LogP contribution in [0.5, 0.6) is 5.75 Å². The number of benzene rings is 1. The van der Waals surface area contributed by atoms with Crippen LogP contribution in [0.3, 0.4) is 0 Å². The summed E-state index contributed by atoms with van der Waals surface area (Å²) in [5.74, 6) is -0.398. The van der Waals surface area contributed by atoms with Crippen molar-refractivity contribution in [1.29, 1.82) is 0 Å². The largest absolute Gasteiger partial charge is 0.477 e. The van der Waals surface area contributed by atoms with E-state index in [0.29, 0.717) is 6.42 Å². The molecule has 0 aliphatic carbocycles. The molecular weight excluding hydrogens is 404 g/mol. The van der Waals surface area contributed by atoms with Gasteiger partial charge in [0, 0.05) is 17.0 Å². The monoisotopic (exact) mass is 424 g/mol. The Labute approximate surface area is 166 Å². The van der Waals surface area contributed by atoms with Gasteiger partial charge in [-0.25, -0.2) is 8.42 Å². The summed E-state index contributed by atoms with van der Waals surface area (Å²) >= 11 is 1.48. The van der Waals surface area contributed by atoms with E-state index >= 15 is 0 Å². The lowest BCUT2D eigenvalue weighted by molar-refractivity contribution is -0.385. The van der Waals surface area contributed by atoms with E-state index in [1.165, 1.54) is 28.4 Å². The molecule has 28 heavy (non-hydrogen) atoms. The van der Waals surface area contributed by atoms with Crippen LogP contribution in [-0.2, 0) is 21.2 Å². The minimum atomic E-state index is -3.16. The number of hydrogen-bond donors (Lipinski definition) is 0. The van der Waals surface area contributed by atoms with E-state index < -0.39 is 33.3 Å². The molecule has 0 spiro atoms. The molecule has 1 aromatic heterocycles. The van der Waals surface area contributed by atoms with Crippen LogP contribution in [0.4, 0.5) is 5.69 Å². The number of nitro groups is 1. The number of carbonyl (C=O) groups excluding carboxylic acids is 1. The third kappa shape index (κ3) is 4.87. The molecule has 1 aliphatic heterocycles. The Kier molecular flexibility index (Phi) is 5.99. The number of sulfone groups is 1. The maximum absolute atomic E-state index is 12.8. The van der Waals surface area contributed by atoms with E-state index in [2.05, 4.69) is 0 Å². The molecule has 1 saturated heterocycles. The number of nitro benzene ring substituents is 1. The number of hydrogen-bond acceptors (Lipinski definition) is 7. The van der Waals surface area contributed by atoms with Gasteiger partial charge < -0.3 is 9.64 Å². The zero-order chi connectivity index (χ0) is 20.3. The average molecular weight is 425 g/mol. The van der Waals surface area contributed by atoms with Crippen molar-refractivity contribution in [2.45, 2.75) is 25.9 Å². The molecule has 1 fully saturated rings. The molecule has 150 valence electrons. The van der Waals surface area contributed by atoms with Gasteiger partial charge in [0.1, 0.15) is 0 Å². The summed E-state index contributed by atoms with van der Waals surface area (Å²) in [6, 6.07) is 7.76. The van der Waals surface area contributed by atoms with E-state index in [1.807, 2.05) is 17.5 Å². The Morgan fingerprint density at radius 1 is 1.39 bits per heavy atom. The van der Waals surface area contributed by atoms with E-state index in [4.69, 9.17) is 4.74 Å². The van der Waals surface area contributed by atoms with Gasteiger partial charge in [-0.3, -0.25) is 14.9 Å². The minimum absolute atomic E-state index is 0.0217. The van der Waals surface area contributed by atoms with Crippen LogP contribution in [0.1, 0.15) is 16.9 Å². The topological polar surface area (TPSA) is 107 Å². The summed E-state index contributed by atoms with van der Waals surface area (Å²) in [4.78, 5) is 25.9. The molecule has 3 rings (SSSR count). The molecule has 1 atom stereocenters. The van der Waals surface area contributed by atoms with Gasteiger partial charge in [0.15, 0.2) is 22.2 Å². The van der Waals surface area contributed by atoms with Gasteiger partial charge in [0.25, 0.3) is 5.91 Å². The number of carbonyl (C=O) groups is 1. The van der Waals surface area contributed by atoms with Gasteiger partial charge in [-0.1, -0.05) is 12.1 Å². The molecule has 2 heterocycles. The molecule has 10 heteroatoms. The van der Waals surface area contributed by atoms with Gasteiger partial charge >= 0.3 is 5.69 Å². The lowest BCUT2D eigenvalue weighted by Gasteiger charge is -2.27. The number of thiophene rings is 1. The quantitative estimate of drug-likeness (QED) is 0.499. The highest BCUT2D eigenvalue weighted by molar-refractivity contribution is 7.91. The maximum atomic E-state index is 12.8. The lowest BCUT2D eigenvalue weighted by atomic mass is 10.2. The Balaban J connectivity index is 1.76. The van der Waals surface area contributed by atoms with Gasteiger partial charge in [-0.2, -0.15) is 0 Å². The van der Waals surface area contributed by atoms with Gasteiger partial charge in [-0.15, -0.1) is 11.3 Å². The van der Waals surface area contributed by atoms with Crippen molar-refractivity contribution in [3.05, 3.63) is 56.3 Å². The van der Waals surface area contributed by atoms with Crippen LogP contribution in [0, 0.1) is 17.0 Å². The van der Waals surface area contributed by atoms with E-state index in [1.54, 1.807) is 13.0 Å². The Morgan fingerprint density at radius 2 is 2.18 bits per heavy atom. The fourth-order valence-corrected chi connectivity index (χ4v) is 5.56. The zero-order valence-electron chi connectivity index (χ0n) is 15.2. The standard InChI is InChI=1S/C18H20N2O6S2/c1-13-4-5-16(20(22)23)17(9-13)26-11-18(21)19(10-15-3-2-7-27-15)14-6-8-28(24,25)12-14/h2-5,7,9,14H,6,8,10-12H2,1H3. The molecule has 0 saturated carbocycles. The maximum Gasteiger partial charge on any atom is 0.310 e. The smallest absolute Gasteiger partial charge is 0.310 e. The molecule has 0 radical (unpaired) electrons. The van der Waals surface area contributed by atoms with Crippen LogP contribution in [0.25, 0.3) is 0 Å². The van der Waals surface area contributed by atoms with Gasteiger partial charge in [0.2, 0.25) is 0 Å². The van der Waals surface area contributed by atoms with Crippen molar-refractivity contribution >= 4 is 32.8 Å². The molecule has 8 nitrogen and oxygen atoms in total. The highest BCUT2D eigenvalue weighted by Crippen LogP contribution is 2.28. The first-order chi connectivity index (χ1) is 13.2. The molecule has 1 aliphatic rings. The number of nitrogens with zero attached hydrogens (tertiary/aromatic N) is 2. The second-order valence-corrected chi connectivity index (χ2v) is 9.94. The predicted molar refractivity (Wildman–Crippen MR) is 105 cm³/mol. The number of ether oxygens (including phenoxy) is 1. The fraction of sp³-hybridized carbons (Fsp3) is 0.389. The third-order valence-corrected chi connectivity index (χ3v) is 7.15. The first-order valence-electron chi connectivity index (χ1n) is 8.65. The lowest BCUT2D eigenvalue weighted by Crippen LogP contribution is -2.42. The summed E-state index contributed by atoms with van der Waals surface area (Å²) in [5.41, 5.74) is 0.553. The second kappa shape index (κ2) is 8.27. The Hall–Kier alpha value is -2.46. The predicted octanol–water partition coefficient (Wildman–Crippen LogP) is 2.56. The van der Waals surface area contributed by atoms with Crippen molar-refractivity contribution in [1.82, 2.24) is 4.90 Å². The van der Waals surface area contributed by atoms with Crippen molar-refractivity contribution in [2.75, 3.05) is 18.1 Å². The van der Waals surface area contributed by atoms with E-state index in [0.717, 1.165) is 10.4 Å². The first-order valence-corrected chi connectivity index (χ1v) is 11.4. The van der Waals surface area contributed by atoms with E-state index in [-0.39, 0.29) is 29.5 Å². The van der Waals surface area contributed by atoms with Crippen LogP contribution < -0.4 is 4.74 Å². The molecule has 0 N–H and O–H groups in total. The summed E-state index contributed by atoms with van der Waals surface area (Å²) < 4.78 is 29.2. The molecular formula is C18H20N2O6S2. The number of aryl methyl sites for hydroxylation is 1. The van der Waals surface area contributed by atoms with Crippen LogP contribution in [0.2, 0.25) is 0 Å². The van der Waals surface area contributed by atoms with E-state index in [9.17, 15) is 23.3 Å². The normalized spacial score (nSPS) is 18.0. The number of amides is 1. The van der Waals surface area contributed by atoms with Crippen molar-refractivity contribution in [2.24, 2.45) is 0 Å². The van der Waals surface area contributed by atoms with Crippen LogP contribution >= 0.6 is 11.3 Å². The van der Waals surface area contributed by atoms with Crippen LogP contribution in [-0.4, -0.2) is 48.3 Å². The van der Waals surface area contributed by atoms with Gasteiger partial charge in [-0.05, 0) is 36.4 Å². The molecule has 0 bridgehead atoms. The zero-order valence-corrected chi connectivity index (χ0v) is 16.9. The second-order valence-electron chi connectivity index (χ2n) is 6.67. The fourth-order valence-electron chi connectivity index (χ4n) is 3.12. The highest BCUT2D eigenvalue weighted by Gasteiger charge is 2.35. The Morgan fingerprint density at radius 3 is 2.79 bits per heavy atom. The summed E-state index contributed by atoms with van der Waals surface area (Å²) in [6.07, 6.45) is 0.379. The Bertz CT molecular complexity index is 972. The van der Waals surface area contributed by atoms with Crippen molar-refractivity contribution < 1.29 is 22.9 Å². The third-order valence-electron chi connectivity index (χ3n) is 4.54. The molecule has 2 aromatic rings. The van der Waals surface area contributed by atoms with Crippen molar-refractivity contribution in [3.8, 4) is 5.75 Å². The van der Waals surface area contributed by atoms with Gasteiger partial charge in [0.05, 0.1) is 23.0 Å². The summed E-state index contributed by atoms with van der Waals surface area (Å²) in [7, 11) is -3.16. The minimum Gasteiger partial charge on any atom is -0.477 e. The van der Waals surface area contributed by atoms with Crippen LogP contribution in [0.15, 0.2) is 35.7 Å². The summed E-state index contributed by atoms with van der Waals surface area (Å²) in [5, 5.41) is 13.1. The average Bonchev–Trinajstić information content (AvgIpc) is 3.26. The van der Waals surface area contributed by atoms with Crippen molar-refractivity contribution in [3.63, 3.8) is 0 Å². The molecule has 1 aromatic carbocycles. The highest BCUT2D eigenvalue weighted by atomic mass is 32.2.